The summed E-state index contributed by atoms with van der Waals surface area (Å²) in [6.45, 7) is 4.12. The number of alkyl halides is 1. The third-order valence-corrected chi connectivity index (χ3v) is 4.57. The van der Waals surface area contributed by atoms with Crippen molar-refractivity contribution < 1.29 is 4.74 Å². The number of benzene rings is 2. The molecule has 100 valence electrons. The lowest BCUT2D eigenvalue weighted by Gasteiger charge is -2.17. The molecule has 0 aliphatic carbocycles. The van der Waals surface area contributed by atoms with E-state index in [1.165, 1.54) is 5.56 Å². The molecular weight excluding hydrogens is 324 g/mol. The lowest BCUT2D eigenvalue weighted by Crippen LogP contribution is -2.00. The Bertz CT molecular complexity index is 595. The summed E-state index contributed by atoms with van der Waals surface area (Å²) in [6.07, 6.45) is 0. The van der Waals surface area contributed by atoms with Gasteiger partial charge in [0.15, 0.2) is 0 Å². The fourth-order valence-corrected chi connectivity index (χ4v) is 2.91. The lowest BCUT2D eigenvalue weighted by molar-refractivity contribution is 0.410. The van der Waals surface area contributed by atoms with Crippen molar-refractivity contribution in [2.24, 2.45) is 0 Å². The Balaban J connectivity index is 2.52. The number of rotatable bonds is 3. The maximum Gasteiger partial charge on any atom is 0.123 e. The van der Waals surface area contributed by atoms with Crippen LogP contribution in [0.15, 0.2) is 40.9 Å². The van der Waals surface area contributed by atoms with E-state index in [1.54, 1.807) is 7.11 Å². The number of halogens is 2. The SMILES string of the molecule is COc1ccc(C)cc1C(Cl)c1cccc(Br)c1C. The number of hydrogen-bond donors (Lipinski definition) is 0. The minimum atomic E-state index is -0.215. The molecule has 0 heterocycles. The van der Waals surface area contributed by atoms with Crippen LogP contribution < -0.4 is 4.74 Å². The lowest BCUT2D eigenvalue weighted by atomic mass is 9.98. The van der Waals surface area contributed by atoms with Crippen molar-refractivity contribution in [2.75, 3.05) is 7.11 Å². The molecule has 2 aromatic rings. The van der Waals surface area contributed by atoms with Gasteiger partial charge in [-0.2, -0.15) is 0 Å². The number of hydrogen-bond acceptors (Lipinski definition) is 1. The Labute approximate surface area is 127 Å². The van der Waals surface area contributed by atoms with Gasteiger partial charge in [0.05, 0.1) is 12.5 Å². The van der Waals surface area contributed by atoms with Crippen LogP contribution in [-0.2, 0) is 0 Å². The fraction of sp³-hybridized carbons (Fsp3) is 0.250. The summed E-state index contributed by atoms with van der Waals surface area (Å²) in [4.78, 5) is 0. The molecule has 0 N–H and O–H groups in total. The minimum Gasteiger partial charge on any atom is -0.496 e. The van der Waals surface area contributed by atoms with E-state index in [1.807, 2.05) is 24.3 Å². The predicted octanol–water partition coefficient (Wildman–Crippen LogP) is 5.40. The highest BCUT2D eigenvalue weighted by Crippen LogP contribution is 2.38. The molecule has 0 saturated heterocycles. The number of methoxy groups -OCH3 is 1. The highest BCUT2D eigenvalue weighted by molar-refractivity contribution is 9.10. The van der Waals surface area contributed by atoms with Gasteiger partial charge in [-0.25, -0.2) is 0 Å². The zero-order valence-electron chi connectivity index (χ0n) is 11.2. The zero-order chi connectivity index (χ0) is 14.0. The van der Waals surface area contributed by atoms with Gasteiger partial charge in [-0.15, -0.1) is 11.6 Å². The van der Waals surface area contributed by atoms with Gasteiger partial charge in [-0.05, 0) is 37.1 Å². The maximum atomic E-state index is 6.66. The molecule has 0 aliphatic rings. The van der Waals surface area contributed by atoms with E-state index in [0.717, 1.165) is 26.9 Å². The zero-order valence-corrected chi connectivity index (χ0v) is 13.5. The van der Waals surface area contributed by atoms with Crippen LogP contribution in [0.5, 0.6) is 5.75 Å². The van der Waals surface area contributed by atoms with E-state index in [0.29, 0.717) is 0 Å². The van der Waals surface area contributed by atoms with Gasteiger partial charge in [0.25, 0.3) is 0 Å². The van der Waals surface area contributed by atoms with Crippen LogP contribution >= 0.6 is 27.5 Å². The molecule has 1 atom stereocenters. The highest BCUT2D eigenvalue weighted by atomic mass is 79.9. The average Bonchev–Trinajstić information content (AvgIpc) is 2.41. The molecule has 1 unspecified atom stereocenters. The number of ether oxygens (including phenoxy) is 1. The van der Waals surface area contributed by atoms with Gasteiger partial charge in [-0.3, -0.25) is 0 Å². The van der Waals surface area contributed by atoms with E-state index in [2.05, 4.69) is 41.9 Å². The van der Waals surface area contributed by atoms with Crippen molar-refractivity contribution in [3.63, 3.8) is 0 Å². The Kier molecular flexibility index (Phi) is 4.54. The van der Waals surface area contributed by atoms with Gasteiger partial charge in [0.2, 0.25) is 0 Å². The van der Waals surface area contributed by atoms with Crippen molar-refractivity contribution >= 4 is 27.5 Å². The molecule has 2 aromatic carbocycles. The quantitative estimate of drug-likeness (QED) is 0.680. The third-order valence-electron chi connectivity index (χ3n) is 3.24. The van der Waals surface area contributed by atoms with Gasteiger partial charge in [0.1, 0.15) is 5.75 Å². The second-order valence-corrected chi connectivity index (χ2v) is 5.85. The first kappa shape index (κ1) is 14.4. The molecule has 0 saturated carbocycles. The van der Waals surface area contributed by atoms with Crippen LogP contribution in [0.1, 0.15) is 27.6 Å². The normalized spacial score (nSPS) is 12.3. The van der Waals surface area contributed by atoms with Crippen molar-refractivity contribution in [3.05, 3.63) is 63.1 Å². The van der Waals surface area contributed by atoms with Crippen molar-refractivity contribution in [3.8, 4) is 5.75 Å². The highest BCUT2D eigenvalue weighted by Gasteiger charge is 2.18. The summed E-state index contributed by atoms with van der Waals surface area (Å²) in [5.74, 6) is 0.824. The topological polar surface area (TPSA) is 9.23 Å². The smallest absolute Gasteiger partial charge is 0.123 e. The summed E-state index contributed by atoms with van der Waals surface area (Å²) >= 11 is 10.2. The van der Waals surface area contributed by atoms with Crippen LogP contribution in [0.2, 0.25) is 0 Å². The summed E-state index contributed by atoms with van der Waals surface area (Å²) in [5.41, 5.74) is 4.44. The van der Waals surface area contributed by atoms with Gasteiger partial charge in [-0.1, -0.05) is 45.8 Å². The van der Waals surface area contributed by atoms with Crippen molar-refractivity contribution in [1.29, 1.82) is 0 Å². The molecule has 0 bridgehead atoms. The Morgan fingerprint density at radius 1 is 1.11 bits per heavy atom. The predicted molar refractivity (Wildman–Crippen MR) is 84.3 cm³/mol. The largest absolute Gasteiger partial charge is 0.496 e. The van der Waals surface area contributed by atoms with E-state index < -0.39 is 0 Å². The molecular formula is C16H16BrClO. The fourth-order valence-electron chi connectivity index (χ4n) is 2.12. The summed E-state index contributed by atoms with van der Waals surface area (Å²) in [7, 11) is 1.67. The summed E-state index contributed by atoms with van der Waals surface area (Å²) in [5, 5.41) is -0.215. The molecule has 0 fully saturated rings. The summed E-state index contributed by atoms with van der Waals surface area (Å²) in [6, 6.07) is 12.2. The van der Waals surface area contributed by atoms with E-state index in [-0.39, 0.29) is 5.38 Å². The van der Waals surface area contributed by atoms with Gasteiger partial charge < -0.3 is 4.74 Å². The summed E-state index contributed by atoms with van der Waals surface area (Å²) < 4.78 is 6.49. The Morgan fingerprint density at radius 3 is 2.53 bits per heavy atom. The molecule has 0 spiro atoms. The Hall–Kier alpha value is -0.990. The van der Waals surface area contributed by atoms with E-state index in [9.17, 15) is 0 Å². The molecule has 19 heavy (non-hydrogen) atoms. The van der Waals surface area contributed by atoms with Gasteiger partial charge >= 0.3 is 0 Å². The van der Waals surface area contributed by atoms with Crippen LogP contribution in [0.3, 0.4) is 0 Å². The van der Waals surface area contributed by atoms with E-state index >= 15 is 0 Å². The monoisotopic (exact) mass is 338 g/mol. The van der Waals surface area contributed by atoms with Crippen molar-refractivity contribution in [1.82, 2.24) is 0 Å². The third kappa shape index (κ3) is 2.96. The second-order valence-electron chi connectivity index (χ2n) is 4.56. The maximum absolute atomic E-state index is 6.66. The standard InChI is InChI=1S/C16H16BrClO/c1-10-7-8-15(19-3)13(9-10)16(18)12-5-4-6-14(17)11(12)2/h4-9,16H,1-3H3. The second kappa shape index (κ2) is 5.98. The molecule has 3 heteroatoms. The molecule has 0 aliphatic heterocycles. The van der Waals surface area contributed by atoms with E-state index in [4.69, 9.17) is 16.3 Å². The molecule has 1 nitrogen and oxygen atoms in total. The molecule has 0 amide bonds. The average molecular weight is 340 g/mol. The van der Waals surface area contributed by atoms with Crippen LogP contribution in [-0.4, -0.2) is 7.11 Å². The van der Waals surface area contributed by atoms with Gasteiger partial charge in [0, 0.05) is 10.0 Å². The van der Waals surface area contributed by atoms with Crippen LogP contribution in [0.4, 0.5) is 0 Å². The molecule has 0 radical (unpaired) electrons. The first-order chi connectivity index (χ1) is 9.04. The Morgan fingerprint density at radius 2 is 1.84 bits per heavy atom. The van der Waals surface area contributed by atoms with Crippen molar-refractivity contribution in [2.45, 2.75) is 19.2 Å². The first-order valence-electron chi connectivity index (χ1n) is 6.08. The minimum absolute atomic E-state index is 0.215. The van der Waals surface area contributed by atoms with Crippen LogP contribution in [0.25, 0.3) is 0 Å². The molecule has 0 aromatic heterocycles. The van der Waals surface area contributed by atoms with Crippen LogP contribution in [0, 0.1) is 13.8 Å². The first-order valence-corrected chi connectivity index (χ1v) is 7.31. The number of aryl methyl sites for hydroxylation is 1. The molecule has 2 rings (SSSR count).